The fourth-order valence-electron chi connectivity index (χ4n) is 2.06. The molecule has 0 saturated carbocycles. The van der Waals surface area contributed by atoms with Gasteiger partial charge in [-0.1, -0.05) is 12.1 Å². The van der Waals surface area contributed by atoms with Gasteiger partial charge in [0.25, 0.3) is 5.91 Å². The highest BCUT2D eigenvalue weighted by Gasteiger charge is 2.16. The first kappa shape index (κ1) is 14.6. The maximum Gasteiger partial charge on any atom is 0.354 e. The number of benzene rings is 1. The van der Waals surface area contributed by atoms with Gasteiger partial charge in [0.2, 0.25) is 0 Å². The van der Waals surface area contributed by atoms with Crippen LogP contribution in [0, 0.1) is 5.82 Å². The molecule has 3 aromatic rings. The summed E-state index contributed by atoms with van der Waals surface area (Å²) in [6, 6.07) is 8.35. The first-order valence-electron chi connectivity index (χ1n) is 6.65. The van der Waals surface area contributed by atoms with Gasteiger partial charge in [0.15, 0.2) is 11.3 Å². The second-order valence-corrected chi connectivity index (χ2v) is 4.74. The Morgan fingerprint density at radius 3 is 2.65 bits per heavy atom. The van der Waals surface area contributed by atoms with Crippen LogP contribution < -0.4 is 5.32 Å². The number of carbonyl (C=O) groups is 2. The third kappa shape index (κ3) is 3.00. The summed E-state index contributed by atoms with van der Waals surface area (Å²) < 4.78 is 14.1. The zero-order valence-electron chi connectivity index (χ0n) is 11.7. The number of carboxylic acids is 1. The minimum atomic E-state index is -1.23. The molecule has 2 N–H and O–H groups in total. The predicted octanol–water partition coefficient (Wildman–Crippen LogP) is 1.50. The van der Waals surface area contributed by atoms with Crippen molar-refractivity contribution in [1.29, 1.82) is 0 Å². The molecule has 0 saturated heterocycles. The van der Waals surface area contributed by atoms with Crippen molar-refractivity contribution >= 4 is 17.5 Å². The van der Waals surface area contributed by atoms with Gasteiger partial charge in [-0.3, -0.25) is 4.79 Å². The van der Waals surface area contributed by atoms with Crippen LogP contribution in [0.3, 0.4) is 0 Å². The van der Waals surface area contributed by atoms with Crippen molar-refractivity contribution < 1.29 is 19.1 Å². The Kier molecular flexibility index (Phi) is 3.71. The van der Waals surface area contributed by atoms with E-state index in [9.17, 15) is 14.0 Å². The van der Waals surface area contributed by atoms with E-state index < -0.39 is 11.9 Å². The van der Waals surface area contributed by atoms with Crippen LogP contribution in [0.25, 0.3) is 5.65 Å². The molecule has 8 heteroatoms. The molecular weight excluding hydrogens is 303 g/mol. The second-order valence-electron chi connectivity index (χ2n) is 4.74. The van der Waals surface area contributed by atoms with Gasteiger partial charge < -0.3 is 10.4 Å². The molecule has 0 unspecified atom stereocenters. The number of nitrogens with zero attached hydrogens (tertiary/aromatic N) is 3. The molecule has 0 radical (unpaired) electrons. The first-order chi connectivity index (χ1) is 11.0. The predicted molar refractivity (Wildman–Crippen MR) is 77.5 cm³/mol. The van der Waals surface area contributed by atoms with E-state index in [0.29, 0.717) is 5.56 Å². The van der Waals surface area contributed by atoms with Crippen molar-refractivity contribution in [3.63, 3.8) is 0 Å². The van der Waals surface area contributed by atoms with Crippen molar-refractivity contribution in [3.8, 4) is 0 Å². The van der Waals surface area contributed by atoms with E-state index in [-0.39, 0.29) is 29.4 Å². The summed E-state index contributed by atoms with van der Waals surface area (Å²) in [5, 5.41) is 15.7. The fraction of sp³-hybridized carbons (Fsp3) is 0.0667. The first-order valence-corrected chi connectivity index (χ1v) is 6.65. The zero-order chi connectivity index (χ0) is 16.4. The number of carboxylic acid groups (broad SMARTS) is 1. The van der Waals surface area contributed by atoms with Crippen LogP contribution in [0.15, 0.2) is 42.6 Å². The molecule has 1 amide bonds. The quantitative estimate of drug-likeness (QED) is 0.760. The van der Waals surface area contributed by atoms with Crippen molar-refractivity contribution in [3.05, 3.63) is 65.4 Å². The molecule has 0 bridgehead atoms. The Morgan fingerprint density at radius 2 is 1.96 bits per heavy atom. The monoisotopic (exact) mass is 314 g/mol. The molecule has 2 aromatic heterocycles. The number of nitrogens with one attached hydrogen (secondary N) is 1. The number of hydrogen-bond donors (Lipinski definition) is 2. The van der Waals surface area contributed by atoms with Crippen LogP contribution in [0.2, 0.25) is 0 Å². The molecule has 7 nitrogen and oxygen atoms in total. The average Bonchev–Trinajstić information content (AvgIpc) is 3.01. The third-order valence-electron chi connectivity index (χ3n) is 3.18. The van der Waals surface area contributed by atoms with E-state index in [1.165, 1.54) is 28.9 Å². The van der Waals surface area contributed by atoms with Gasteiger partial charge in [-0.05, 0) is 17.7 Å². The molecule has 0 aliphatic heterocycles. The van der Waals surface area contributed by atoms with Crippen molar-refractivity contribution in [2.75, 3.05) is 0 Å². The molecule has 2 heterocycles. The Balaban J connectivity index is 1.86. The number of aromatic nitrogens is 3. The maximum atomic E-state index is 12.8. The third-order valence-corrected chi connectivity index (χ3v) is 3.18. The van der Waals surface area contributed by atoms with Gasteiger partial charge in [-0.25, -0.2) is 18.7 Å². The van der Waals surface area contributed by atoms with Gasteiger partial charge >= 0.3 is 5.97 Å². The highest BCUT2D eigenvalue weighted by atomic mass is 19.1. The number of hydrogen-bond acceptors (Lipinski definition) is 4. The van der Waals surface area contributed by atoms with Gasteiger partial charge in [0.05, 0.1) is 6.20 Å². The molecule has 0 aliphatic carbocycles. The maximum absolute atomic E-state index is 12.8. The van der Waals surface area contributed by atoms with Crippen LogP contribution in [0.1, 0.15) is 26.5 Å². The van der Waals surface area contributed by atoms with Crippen LogP contribution in [-0.2, 0) is 6.54 Å². The summed E-state index contributed by atoms with van der Waals surface area (Å²) >= 11 is 0. The lowest BCUT2D eigenvalue weighted by molar-refractivity contribution is 0.0690. The largest absolute Gasteiger partial charge is 0.477 e. The summed E-state index contributed by atoms with van der Waals surface area (Å²) in [4.78, 5) is 27.3. The van der Waals surface area contributed by atoms with E-state index in [2.05, 4.69) is 15.4 Å². The van der Waals surface area contributed by atoms with Crippen LogP contribution in [0.4, 0.5) is 4.39 Å². The molecular formula is C15H11FN4O3. The summed E-state index contributed by atoms with van der Waals surface area (Å²) in [6.45, 7) is 0.173. The Morgan fingerprint density at radius 1 is 1.22 bits per heavy atom. The van der Waals surface area contributed by atoms with E-state index in [1.54, 1.807) is 12.1 Å². The lowest BCUT2D eigenvalue weighted by atomic mass is 10.2. The topological polar surface area (TPSA) is 96.6 Å². The molecule has 23 heavy (non-hydrogen) atoms. The lowest BCUT2D eigenvalue weighted by Gasteiger charge is -2.08. The Labute approximate surface area is 129 Å². The van der Waals surface area contributed by atoms with Gasteiger partial charge in [0, 0.05) is 18.7 Å². The number of amides is 1. The number of aromatic carboxylic acids is 1. The average molecular weight is 314 g/mol. The standard InChI is InChI=1S/C15H11FN4O3/c16-10-3-1-9(2-4-10)8-17-14(21)12-7-11(15(22)23)19-13-5-6-18-20(12)13/h1-7H,8H2,(H,17,21)(H,22,23). The van der Waals surface area contributed by atoms with Crippen LogP contribution >= 0.6 is 0 Å². The van der Waals surface area contributed by atoms with E-state index in [0.717, 1.165) is 6.07 Å². The zero-order valence-corrected chi connectivity index (χ0v) is 11.7. The van der Waals surface area contributed by atoms with Gasteiger partial charge in [-0.15, -0.1) is 0 Å². The van der Waals surface area contributed by atoms with Gasteiger partial charge in [0.1, 0.15) is 11.5 Å². The highest BCUT2D eigenvalue weighted by molar-refractivity contribution is 5.96. The Bertz CT molecular complexity index is 889. The molecule has 0 aliphatic rings. The molecule has 0 atom stereocenters. The molecule has 3 rings (SSSR count). The number of fused-ring (bicyclic) bond motifs is 1. The van der Waals surface area contributed by atoms with Crippen molar-refractivity contribution in [1.82, 2.24) is 19.9 Å². The number of rotatable bonds is 4. The molecule has 116 valence electrons. The van der Waals surface area contributed by atoms with Crippen LogP contribution in [-0.4, -0.2) is 31.6 Å². The van der Waals surface area contributed by atoms with Crippen LogP contribution in [0.5, 0.6) is 0 Å². The van der Waals surface area contributed by atoms with Crippen molar-refractivity contribution in [2.45, 2.75) is 6.54 Å². The minimum Gasteiger partial charge on any atom is -0.477 e. The summed E-state index contributed by atoms with van der Waals surface area (Å²) in [5.41, 5.74) is 0.783. The number of halogens is 1. The molecule has 1 aromatic carbocycles. The number of carbonyl (C=O) groups excluding carboxylic acids is 1. The van der Waals surface area contributed by atoms with E-state index >= 15 is 0 Å². The second kappa shape index (κ2) is 5.84. The molecule has 0 fully saturated rings. The van der Waals surface area contributed by atoms with E-state index in [4.69, 9.17) is 5.11 Å². The fourth-order valence-corrected chi connectivity index (χ4v) is 2.06. The highest BCUT2D eigenvalue weighted by Crippen LogP contribution is 2.09. The molecule has 0 spiro atoms. The summed E-state index contributed by atoms with van der Waals surface area (Å²) in [7, 11) is 0. The summed E-state index contributed by atoms with van der Waals surface area (Å²) in [5.74, 6) is -2.10. The van der Waals surface area contributed by atoms with E-state index in [1.807, 2.05) is 0 Å². The van der Waals surface area contributed by atoms with Crippen molar-refractivity contribution in [2.24, 2.45) is 0 Å². The normalized spacial score (nSPS) is 10.7. The Hall–Kier alpha value is -3.29. The minimum absolute atomic E-state index is 0.0551. The lowest BCUT2D eigenvalue weighted by Crippen LogP contribution is -2.26. The SMILES string of the molecule is O=C(O)c1cc(C(=O)NCc2ccc(F)cc2)n2nccc2n1. The van der Waals surface area contributed by atoms with Gasteiger partial charge in [-0.2, -0.15) is 5.10 Å². The summed E-state index contributed by atoms with van der Waals surface area (Å²) in [6.07, 6.45) is 1.42. The smallest absolute Gasteiger partial charge is 0.354 e.